The fourth-order valence-electron chi connectivity index (χ4n) is 4.80. The highest BCUT2D eigenvalue weighted by Crippen LogP contribution is 2.38. The van der Waals surface area contributed by atoms with Gasteiger partial charge in [0.1, 0.15) is 23.7 Å². The van der Waals surface area contributed by atoms with Crippen LogP contribution in [0.1, 0.15) is 52.1 Å². The zero-order valence-electron chi connectivity index (χ0n) is 19.9. The van der Waals surface area contributed by atoms with Gasteiger partial charge in [0.2, 0.25) is 0 Å². The van der Waals surface area contributed by atoms with Crippen LogP contribution >= 0.6 is 0 Å². The van der Waals surface area contributed by atoms with E-state index in [1.165, 1.54) is 0 Å². The van der Waals surface area contributed by atoms with Crippen LogP contribution in [0.5, 0.6) is 5.75 Å². The minimum Gasteiger partial charge on any atom is -0.488 e. The Morgan fingerprint density at radius 2 is 1.94 bits per heavy atom. The van der Waals surface area contributed by atoms with Gasteiger partial charge in [-0.3, -0.25) is 0 Å². The molecule has 8 nitrogen and oxygen atoms in total. The van der Waals surface area contributed by atoms with Crippen molar-refractivity contribution in [2.75, 3.05) is 0 Å². The lowest BCUT2D eigenvalue weighted by atomic mass is 9.93. The Balaban J connectivity index is 1.45. The first-order valence-electron chi connectivity index (χ1n) is 11.7. The first-order chi connectivity index (χ1) is 17.1. The molecule has 3 aromatic heterocycles. The van der Waals surface area contributed by atoms with E-state index in [1.807, 2.05) is 25.1 Å². The molecule has 0 bridgehead atoms. The molecule has 0 radical (unpaired) electrons. The average molecular weight is 464 g/mol. The number of nitrogens with one attached hydrogen (secondary N) is 1. The second kappa shape index (κ2) is 8.47. The van der Waals surface area contributed by atoms with Gasteiger partial charge in [-0.15, -0.1) is 5.10 Å². The van der Waals surface area contributed by atoms with Gasteiger partial charge in [0.25, 0.3) is 0 Å². The van der Waals surface area contributed by atoms with Crippen molar-refractivity contribution >= 4 is 22.8 Å². The Hall–Kier alpha value is -4.33. The minimum absolute atomic E-state index is 0.493. The number of hydrogen-bond acceptors (Lipinski definition) is 6. The van der Waals surface area contributed by atoms with E-state index in [2.05, 4.69) is 75.4 Å². The Labute approximate surface area is 202 Å². The van der Waals surface area contributed by atoms with Crippen LogP contribution in [-0.2, 0) is 19.6 Å². The van der Waals surface area contributed by atoms with E-state index < -0.39 is 0 Å². The number of tetrazole rings is 1. The van der Waals surface area contributed by atoms with Gasteiger partial charge in [0.05, 0.1) is 6.54 Å². The lowest BCUT2D eigenvalue weighted by Gasteiger charge is -2.13. The predicted molar refractivity (Wildman–Crippen MR) is 134 cm³/mol. The molecule has 0 saturated heterocycles. The lowest BCUT2D eigenvalue weighted by molar-refractivity contribution is 0.307. The van der Waals surface area contributed by atoms with Gasteiger partial charge >= 0.3 is 0 Å². The third-order valence-corrected chi connectivity index (χ3v) is 6.43. The van der Waals surface area contributed by atoms with Crippen LogP contribution in [0.25, 0.3) is 22.8 Å². The van der Waals surface area contributed by atoms with Gasteiger partial charge in [0.15, 0.2) is 11.5 Å². The van der Waals surface area contributed by atoms with Crippen molar-refractivity contribution in [3.8, 4) is 5.75 Å². The van der Waals surface area contributed by atoms with Crippen molar-refractivity contribution in [3.05, 3.63) is 93.7 Å². The Morgan fingerprint density at radius 1 is 1.06 bits per heavy atom. The Morgan fingerprint density at radius 3 is 2.77 bits per heavy atom. The number of hydrogen-bond donors (Lipinski definition) is 1. The number of aromatic amines is 1. The van der Waals surface area contributed by atoms with E-state index in [9.17, 15) is 0 Å². The van der Waals surface area contributed by atoms with Crippen LogP contribution in [0.2, 0.25) is 0 Å². The summed E-state index contributed by atoms with van der Waals surface area (Å²) in [5.41, 5.74) is 9.44. The fraction of sp³-hybridized carbons (Fsp3) is 0.222. The lowest BCUT2D eigenvalue weighted by Crippen LogP contribution is -2.06. The first kappa shape index (κ1) is 21.2. The van der Waals surface area contributed by atoms with Gasteiger partial charge in [-0.1, -0.05) is 43.3 Å². The zero-order chi connectivity index (χ0) is 23.9. The molecule has 0 aliphatic carbocycles. The van der Waals surface area contributed by atoms with Gasteiger partial charge in [-0.05, 0) is 70.3 Å². The van der Waals surface area contributed by atoms with Crippen molar-refractivity contribution in [3.63, 3.8) is 0 Å². The zero-order valence-corrected chi connectivity index (χ0v) is 19.9. The number of aromatic nitrogens is 7. The molecule has 6 rings (SSSR count). The number of benzene rings is 2. The molecular formula is C27H25N7O. The molecule has 35 heavy (non-hydrogen) atoms. The summed E-state index contributed by atoms with van der Waals surface area (Å²) in [5, 5.41) is 14.3. The molecule has 174 valence electrons. The molecule has 4 heterocycles. The van der Waals surface area contributed by atoms with Gasteiger partial charge < -0.3 is 9.30 Å². The molecule has 0 unspecified atom stereocenters. The third kappa shape index (κ3) is 3.77. The number of aryl methyl sites for hydroxylation is 3. The van der Waals surface area contributed by atoms with Crippen molar-refractivity contribution in [1.82, 2.24) is 35.2 Å². The summed E-state index contributed by atoms with van der Waals surface area (Å²) in [6, 6.07) is 16.8. The molecule has 2 aromatic carbocycles. The largest absolute Gasteiger partial charge is 0.488 e. The molecular weight excluding hydrogens is 438 g/mol. The van der Waals surface area contributed by atoms with Crippen molar-refractivity contribution in [2.45, 2.75) is 40.3 Å². The molecule has 0 fully saturated rings. The molecule has 0 amide bonds. The van der Waals surface area contributed by atoms with Gasteiger partial charge in [-0.25, -0.2) is 15.1 Å². The molecule has 0 atom stereocenters. The molecule has 8 heteroatoms. The molecule has 0 saturated carbocycles. The monoisotopic (exact) mass is 463 g/mol. The van der Waals surface area contributed by atoms with Crippen molar-refractivity contribution in [1.29, 1.82) is 0 Å². The van der Waals surface area contributed by atoms with Crippen LogP contribution in [0.15, 0.2) is 48.5 Å². The third-order valence-electron chi connectivity index (χ3n) is 6.43. The number of imidazole rings is 1. The molecule has 0 spiro atoms. The van der Waals surface area contributed by atoms with Crippen LogP contribution in [0.3, 0.4) is 0 Å². The standard InChI is InChI=1S/C27H25N7O/c1-4-25-29-26-16(2)11-17(3)28-27(26)34(25)14-18-9-10-21-22(13-24-30-32-33-31-24)20-8-6-5-7-19(20)15-35-23(21)12-18/h5-13H,4,14-15H2,1-3H3,(H,30,31,32,33)/b22-13-. The summed E-state index contributed by atoms with van der Waals surface area (Å²) in [7, 11) is 0. The van der Waals surface area contributed by atoms with Crippen LogP contribution in [0.4, 0.5) is 0 Å². The first-order valence-corrected chi connectivity index (χ1v) is 11.7. The normalized spacial score (nSPS) is 14.0. The maximum absolute atomic E-state index is 6.32. The van der Waals surface area contributed by atoms with E-state index >= 15 is 0 Å². The summed E-state index contributed by atoms with van der Waals surface area (Å²) in [5.74, 6) is 2.46. The summed E-state index contributed by atoms with van der Waals surface area (Å²) < 4.78 is 8.54. The number of nitrogens with zero attached hydrogens (tertiary/aromatic N) is 6. The number of rotatable bonds is 4. The maximum Gasteiger partial charge on any atom is 0.172 e. The second-order valence-corrected chi connectivity index (χ2v) is 8.84. The molecule has 1 N–H and O–H groups in total. The summed E-state index contributed by atoms with van der Waals surface area (Å²) in [4.78, 5) is 9.71. The number of pyridine rings is 1. The average Bonchev–Trinajstić information content (AvgIpc) is 3.46. The summed E-state index contributed by atoms with van der Waals surface area (Å²) >= 11 is 0. The predicted octanol–water partition coefficient (Wildman–Crippen LogP) is 4.65. The Kier molecular flexibility index (Phi) is 5.13. The number of fused-ring (bicyclic) bond motifs is 3. The second-order valence-electron chi connectivity index (χ2n) is 8.84. The van der Waals surface area contributed by atoms with Crippen molar-refractivity contribution in [2.24, 2.45) is 0 Å². The fourth-order valence-corrected chi connectivity index (χ4v) is 4.80. The molecule has 1 aliphatic rings. The van der Waals surface area contributed by atoms with E-state index in [4.69, 9.17) is 14.7 Å². The SMILES string of the molecule is CCc1nc2c(C)cc(C)nc2n1Cc1ccc2c(c1)OCc1ccccc1/C2=C/c1nnn[nH]1. The molecule has 5 aromatic rings. The summed E-state index contributed by atoms with van der Waals surface area (Å²) in [6.07, 6.45) is 2.81. The quantitative estimate of drug-likeness (QED) is 0.417. The summed E-state index contributed by atoms with van der Waals surface area (Å²) in [6.45, 7) is 7.42. The van der Waals surface area contributed by atoms with Crippen LogP contribution in [-0.4, -0.2) is 35.2 Å². The number of H-pyrrole nitrogens is 1. The van der Waals surface area contributed by atoms with E-state index in [0.717, 1.165) is 68.2 Å². The minimum atomic E-state index is 0.493. The van der Waals surface area contributed by atoms with Gasteiger partial charge in [-0.2, -0.15) is 0 Å². The smallest absolute Gasteiger partial charge is 0.172 e. The van der Waals surface area contributed by atoms with Crippen LogP contribution < -0.4 is 4.74 Å². The molecule has 1 aliphatic heterocycles. The Bertz CT molecular complexity index is 1580. The highest BCUT2D eigenvalue weighted by Gasteiger charge is 2.21. The van der Waals surface area contributed by atoms with E-state index in [-0.39, 0.29) is 0 Å². The maximum atomic E-state index is 6.32. The van der Waals surface area contributed by atoms with E-state index in [1.54, 1.807) is 0 Å². The topological polar surface area (TPSA) is 94.4 Å². The van der Waals surface area contributed by atoms with E-state index in [0.29, 0.717) is 19.0 Å². The van der Waals surface area contributed by atoms with Crippen LogP contribution in [0, 0.1) is 13.8 Å². The van der Waals surface area contributed by atoms with Crippen molar-refractivity contribution < 1.29 is 4.74 Å². The highest BCUT2D eigenvalue weighted by molar-refractivity contribution is 5.93. The van der Waals surface area contributed by atoms with Gasteiger partial charge in [0, 0.05) is 17.7 Å². The highest BCUT2D eigenvalue weighted by atomic mass is 16.5. The number of ether oxygens (including phenoxy) is 1.